The molecule has 0 aromatic heterocycles. The third-order valence-electron chi connectivity index (χ3n) is 5.16. The van der Waals surface area contributed by atoms with Gasteiger partial charge < -0.3 is 4.90 Å². The standard InChI is InChI=1S/C20H19ClFN3O2/c21-16-3-1-2-4-17(16)25-19(26)13-18(20(25)27)24-11-9-23(10-12-24)15-7-5-14(22)6-8-15/h1-8,18H,9-13H2/t18-/m1/s1. The molecule has 0 radical (unpaired) electrons. The maximum Gasteiger partial charge on any atom is 0.251 e. The van der Waals surface area contributed by atoms with E-state index in [0.717, 1.165) is 18.8 Å². The van der Waals surface area contributed by atoms with E-state index in [4.69, 9.17) is 11.6 Å². The van der Waals surface area contributed by atoms with Gasteiger partial charge in [0.2, 0.25) is 5.91 Å². The first kappa shape index (κ1) is 17.9. The minimum atomic E-state index is -0.454. The van der Waals surface area contributed by atoms with Gasteiger partial charge in [-0.1, -0.05) is 23.7 Å². The van der Waals surface area contributed by atoms with Crippen LogP contribution in [0.3, 0.4) is 0 Å². The fourth-order valence-corrected chi connectivity index (χ4v) is 3.95. The molecule has 4 rings (SSSR count). The number of anilines is 2. The van der Waals surface area contributed by atoms with Crippen molar-refractivity contribution in [1.82, 2.24) is 4.90 Å². The second-order valence-electron chi connectivity index (χ2n) is 6.74. The van der Waals surface area contributed by atoms with E-state index in [2.05, 4.69) is 9.80 Å². The summed E-state index contributed by atoms with van der Waals surface area (Å²) in [6.45, 7) is 2.76. The molecule has 0 unspecified atom stereocenters. The van der Waals surface area contributed by atoms with Crippen molar-refractivity contribution in [3.05, 3.63) is 59.4 Å². The van der Waals surface area contributed by atoms with Gasteiger partial charge in [-0.3, -0.25) is 14.5 Å². The number of para-hydroxylation sites is 1. The molecule has 0 aliphatic carbocycles. The van der Waals surface area contributed by atoms with Gasteiger partial charge in [0.25, 0.3) is 5.91 Å². The van der Waals surface area contributed by atoms with Crippen LogP contribution in [0.15, 0.2) is 48.5 Å². The molecule has 0 N–H and O–H groups in total. The van der Waals surface area contributed by atoms with Gasteiger partial charge in [0.05, 0.1) is 23.2 Å². The molecule has 2 amide bonds. The number of nitrogens with zero attached hydrogens (tertiary/aromatic N) is 3. The third-order valence-corrected chi connectivity index (χ3v) is 5.48. The van der Waals surface area contributed by atoms with E-state index in [1.807, 2.05) is 0 Å². The van der Waals surface area contributed by atoms with Crippen molar-refractivity contribution in [2.45, 2.75) is 12.5 Å². The van der Waals surface area contributed by atoms with E-state index in [-0.39, 0.29) is 24.1 Å². The Morgan fingerprint density at radius 1 is 0.926 bits per heavy atom. The first-order chi connectivity index (χ1) is 13.0. The van der Waals surface area contributed by atoms with Crippen molar-refractivity contribution in [2.24, 2.45) is 0 Å². The molecule has 0 bridgehead atoms. The topological polar surface area (TPSA) is 43.9 Å². The normalized spacial score (nSPS) is 21.2. The molecule has 7 heteroatoms. The average Bonchev–Trinajstić information content (AvgIpc) is 2.97. The number of carbonyl (C=O) groups excluding carboxylic acids is 2. The van der Waals surface area contributed by atoms with Gasteiger partial charge in [-0.25, -0.2) is 9.29 Å². The number of hydrogen-bond acceptors (Lipinski definition) is 4. The van der Waals surface area contributed by atoms with E-state index in [1.165, 1.54) is 17.0 Å². The average molecular weight is 388 g/mol. The van der Waals surface area contributed by atoms with Gasteiger partial charge >= 0.3 is 0 Å². The van der Waals surface area contributed by atoms with Gasteiger partial charge in [0, 0.05) is 31.9 Å². The fraction of sp³-hybridized carbons (Fsp3) is 0.300. The number of imide groups is 1. The molecule has 2 fully saturated rings. The number of carbonyl (C=O) groups is 2. The molecule has 0 spiro atoms. The predicted octanol–water partition coefficient (Wildman–Crippen LogP) is 2.93. The smallest absolute Gasteiger partial charge is 0.251 e. The largest absolute Gasteiger partial charge is 0.369 e. The molecule has 0 saturated carbocycles. The Morgan fingerprint density at radius 3 is 2.26 bits per heavy atom. The highest BCUT2D eigenvalue weighted by Gasteiger charge is 2.43. The van der Waals surface area contributed by atoms with Crippen LogP contribution in [-0.4, -0.2) is 48.9 Å². The lowest BCUT2D eigenvalue weighted by Gasteiger charge is -2.38. The number of piperazine rings is 1. The van der Waals surface area contributed by atoms with Gasteiger partial charge in [-0.15, -0.1) is 0 Å². The zero-order valence-corrected chi connectivity index (χ0v) is 15.4. The number of hydrogen-bond donors (Lipinski definition) is 0. The molecule has 5 nitrogen and oxygen atoms in total. The van der Waals surface area contributed by atoms with Gasteiger partial charge in [0.15, 0.2) is 0 Å². The Balaban J connectivity index is 1.45. The van der Waals surface area contributed by atoms with E-state index in [0.29, 0.717) is 23.8 Å². The molecule has 2 aliphatic heterocycles. The van der Waals surface area contributed by atoms with Crippen LogP contribution < -0.4 is 9.80 Å². The first-order valence-electron chi connectivity index (χ1n) is 8.90. The summed E-state index contributed by atoms with van der Waals surface area (Å²) >= 11 is 6.17. The quantitative estimate of drug-likeness (QED) is 0.759. The first-order valence-corrected chi connectivity index (χ1v) is 9.28. The summed E-state index contributed by atoms with van der Waals surface area (Å²) in [5, 5.41) is 0.390. The molecule has 2 saturated heterocycles. The van der Waals surface area contributed by atoms with Crippen LogP contribution in [0.5, 0.6) is 0 Å². The van der Waals surface area contributed by atoms with Crippen molar-refractivity contribution in [2.75, 3.05) is 36.0 Å². The summed E-state index contributed by atoms with van der Waals surface area (Å²) in [4.78, 5) is 30.8. The van der Waals surface area contributed by atoms with E-state index in [1.54, 1.807) is 36.4 Å². The van der Waals surface area contributed by atoms with Crippen molar-refractivity contribution < 1.29 is 14.0 Å². The van der Waals surface area contributed by atoms with Crippen LogP contribution in [0, 0.1) is 5.82 Å². The Kier molecular flexibility index (Phi) is 4.85. The lowest BCUT2D eigenvalue weighted by molar-refractivity contribution is -0.123. The number of amides is 2. The molecule has 27 heavy (non-hydrogen) atoms. The molecule has 2 aromatic carbocycles. The Hall–Kier alpha value is -2.44. The molecular weight excluding hydrogens is 369 g/mol. The number of halogens is 2. The number of rotatable bonds is 3. The van der Waals surface area contributed by atoms with E-state index < -0.39 is 6.04 Å². The lowest BCUT2D eigenvalue weighted by atomic mass is 10.1. The molecule has 2 heterocycles. The van der Waals surface area contributed by atoms with Gasteiger partial charge in [-0.2, -0.15) is 0 Å². The van der Waals surface area contributed by atoms with Crippen LogP contribution in [0.25, 0.3) is 0 Å². The highest BCUT2D eigenvalue weighted by molar-refractivity contribution is 6.36. The third kappa shape index (κ3) is 3.42. The van der Waals surface area contributed by atoms with E-state index in [9.17, 15) is 14.0 Å². The maximum absolute atomic E-state index is 13.1. The summed E-state index contributed by atoms with van der Waals surface area (Å²) in [6, 6.07) is 12.8. The zero-order chi connectivity index (χ0) is 19.0. The molecule has 2 aromatic rings. The Labute approximate surface area is 161 Å². The fourth-order valence-electron chi connectivity index (χ4n) is 3.73. The second kappa shape index (κ2) is 7.29. The highest BCUT2D eigenvalue weighted by atomic mass is 35.5. The summed E-state index contributed by atoms with van der Waals surface area (Å²) in [7, 11) is 0. The second-order valence-corrected chi connectivity index (χ2v) is 7.15. The zero-order valence-electron chi connectivity index (χ0n) is 14.6. The van der Waals surface area contributed by atoms with Crippen molar-refractivity contribution in [3.63, 3.8) is 0 Å². The van der Waals surface area contributed by atoms with Crippen molar-refractivity contribution in [1.29, 1.82) is 0 Å². The monoisotopic (exact) mass is 387 g/mol. The van der Waals surface area contributed by atoms with Crippen LogP contribution in [-0.2, 0) is 9.59 Å². The van der Waals surface area contributed by atoms with Crippen LogP contribution in [0.2, 0.25) is 5.02 Å². The summed E-state index contributed by atoms with van der Waals surface area (Å²) in [6.07, 6.45) is 0.167. The van der Waals surface area contributed by atoms with Crippen molar-refractivity contribution >= 4 is 34.8 Å². The SMILES string of the molecule is O=C1C[C@@H](N2CCN(c3ccc(F)cc3)CC2)C(=O)N1c1ccccc1Cl. The van der Waals surface area contributed by atoms with Crippen LogP contribution in [0.4, 0.5) is 15.8 Å². The summed E-state index contributed by atoms with van der Waals surface area (Å²) in [5.74, 6) is -0.700. The van der Waals surface area contributed by atoms with Gasteiger partial charge in [0.1, 0.15) is 5.82 Å². The molecule has 2 aliphatic rings. The minimum absolute atomic E-state index is 0.167. The van der Waals surface area contributed by atoms with Gasteiger partial charge in [-0.05, 0) is 36.4 Å². The molecular formula is C20H19ClFN3O2. The molecule has 1 atom stereocenters. The maximum atomic E-state index is 13.1. The summed E-state index contributed by atoms with van der Waals surface area (Å²) in [5.41, 5.74) is 1.41. The summed E-state index contributed by atoms with van der Waals surface area (Å²) < 4.78 is 13.1. The van der Waals surface area contributed by atoms with Crippen molar-refractivity contribution in [3.8, 4) is 0 Å². The molecule has 140 valence electrons. The lowest BCUT2D eigenvalue weighted by Crippen LogP contribution is -2.52. The minimum Gasteiger partial charge on any atom is -0.369 e. The highest BCUT2D eigenvalue weighted by Crippen LogP contribution is 2.31. The Bertz CT molecular complexity index is 866. The van der Waals surface area contributed by atoms with Crippen LogP contribution in [0.1, 0.15) is 6.42 Å². The predicted molar refractivity (Wildman–Crippen MR) is 103 cm³/mol. The Morgan fingerprint density at radius 2 is 1.59 bits per heavy atom. The van der Waals surface area contributed by atoms with E-state index >= 15 is 0 Å². The van der Waals surface area contributed by atoms with Crippen LogP contribution >= 0.6 is 11.6 Å². The number of benzene rings is 2.